The molecule has 32 heavy (non-hydrogen) atoms. The summed E-state index contributed by atoms with van der Waals surface area (Å²) in [6.45, 7) is 3.97. The van der Waals surface area contributed by atoms with E-state index in [1.165, 1.54) is 16.7 Å². The van der Waals surface area contributed by atoms with E-state index in [1.807, 2.05) is 56.3 Å². The van der Waals surface area contributed by atoms with Crippen molar-refractivity contribution in [3.8, 4) is 11.5 Å². The standard InChI is InChI=1S/C24H27N3O4S/c1-5-16(2)25-22(28)15-32-24-26-21(13-17-9-11-19(30-3)12-10-17)23(29)27(24)18-7-6-8-20(14-18)31-4/h6-14,16H,5,15H2,1-4H3,(H,25,28)/b21-13-/t16-/m0/s1. The number of thioether (sulfide) groups is 1. The molecular weight excluding hydrogens is 426 g/mol. The van der Waals surface area contributed by atoms with E-state index in [9.17, 15) is 9.59 Å². The van der Waals surface area contributed by atoms with Gasteiger partial charge in [-0.2, -0.15) is 0 Å². The molecule has 7 nitrogen and oxygen atoms in total. The van der Waals surface area contributed by atoms with Crippen molar-refractivity contribution < 1.29 is 19.1 Å². The third-order valence-electron chi connectivity index (χ3n) is 4.91. The highest BCUT2D eigenvalue weighted by Crippen LogP contribution is 2.31. The second-order valence-corrected chi connectivity index (χ2v) is 8.15. The van der Waals surface area contributed by atoms with Gasteiger partial charge in [-0.1, -0.05) is 36.9 Å². The van der Waals surface area contributed by atoms with E-state index in [0.717, 1.165) is 17.7 Å². The number of carbonyl (C=O) groups is 2. The Balaban J connectivity index is 1.89. The Hall–Kier alpha value is -3.26. The molecule has 0 aliphatic carbocycles. The molecule has 1 aliphatic rings. The van der Waals surface area contributed by atoms with Crippen LogP contribution in [0.1, 0.15) is 25.8 Å². The molecular formula is C24H27N3O4S. The van der Waals surface area contributed by atoms with Gasteiger partial charge in [-0.25, -0.2) is 4.99 Å². The third-order valence-corrected chi connectivity index (χ3v) is 5.85. The van der Waals surface area contributed by atoms with Crippen LogP contribution in [-0.2, 0) is 9.59 Å². The van der Waals surface area contributed by atoms with Crippen molar-refractivity contribution in [3.05, 3.63) is 59.8 Å². The second kappa shape index (κ2) is 10.9. The Bertz CT molecular complexity index is 1030. The normalized spacial score (nSPS) is 15.5. The van der Waals surface area contributed by atoms with Crippen LogP contribution in [0.25, 0.3) is 6.08 Å². The average molecular weight is 454 g/mol. The predicted octanol–water partition coefficient (Wildman–Crippen LogP) is 4.10. The number of carbonyl (C=O) groups excluding carboxylic acids is 2. The van der Waals surface area contributed by atoms with E-state index >= 15 is 0 Å². The molecule has 1 aliphatic heterocycles. The molecule has 1 N–H and O–H groups in total. The Kier molecular flexibility index (Phi) is 7.94. The van der Waals surface area contributed by atoms with Crippen molar-refractivity contribution in [3.63, 3.8) is 0 Å². The quantitative estimate of drug-likeness (QED) is 0.609. The van der Waals surface area contributed by atoms with Gasteiger partial charge in [0.1, 0.15) is 17.2 Å². The highest BCUT2D eigenvalue weighted by molar-refractivity contribution is 8.14. The summed E-state index contributed by atoms with van der Waals surface area (Å²) in [7, 11) is 3.17. The van der Waals surface area contributed by atoms with Crippen molar-refractivity contribution in [2.24, 2.45) is 4.99 Å². The summed E-state index contributed by atoms with van der Waals surface area (Å²) >= 11 is 1.23. The number of anilines is 1. The third kappa shape index (κ3) is 5.70. The molecule has 2 aromatic rings. The van der Waals surface area contributed by atoms with Crippen molar-refractivity contribution >= 4 is 40.5 Å². The molecule has 0 saturated heterocycles. The monoisotopic (exact) mass is 453 g/mol. The van der Waals surface area contributed by atoms with Gasteiger partial charge in [0.05, 0.1) is 25.7 Å². The number of amidine groups is 1. The number of rotatable bonds is 8. The number of ether oxygens (including phenoxy) is 2. The van der Waals surface area contributed by atoms with Gasteiger partial charge in [0.2, 0.25) is 5.91 Å². The predicted molar refractivity (Wildman–Crippen MR) is 129 cm³/mol. The van der Waals surface area contributed by atoms with Gasteiger partial charge in [0.15, 0.2) is 5.17 Å². The summed E-state index contributed by atoms with van der Waals surface area (Å²) in [5.41, 5.74) is 1.74. The van der Waals surface area contributed by atoms with Crippen LogP contribution >= 0.6 is 11.8 Å². The van der Waals surface area contributed by atoms with Crippen LogP contribution in [0.5, 0.6) is 11.5 Å². The summed E-state index contributed by atoms with van der Waals surface area (Å²) < 4.78 is 10.5. The molecule has 2 aromatic carbocycles. The molecule has 0 saturated carbocycles. The molecule has 0 radical (unpaired) electrons. The fraction of sp³-hybridized carbons (Fsp3) is 0.292. The number of amides is 2. The SMILES string of the molecule is CC[C@H](C)NC(=O)CSC1=N/C(=C\c2ccc(OC)cc2)C(=O)N1c1cccc(OC)c1. The number of hydrogen-bond acceptors (Lipinski definition) is 6. The Morgan fingerprint density at radius 1 is 1.16 bits per heavy atom. The maximum atomic E-state index is 13.3. The minimum atomic E-state index is -0.265. The first-order valence-corrected chi connectivity index (χ1v) is 11.3. The first-order valence-electron chi connectivity index (χ1n) is 10.3. The lowest BCUT2D eigenvalue weighted by molar-refractivity contribution is -0.119. The van der Waals surface area contributed by atoms with Crippen molar-refractivity contribution in [2.45, 2.75) is 26.3 Å². The first-order chi connectivity index (χ1) is 15.4. The summed E-state index contributed by atoms with van der Waals surface area (Å²) in [6, 6.07) is 14.6. The first kappa shape index (κ1) is 23.4. The van der Waals surface area contributed by atoms with Gasteiger partial charge < -0.3 is 14.8 Å². The molecule has 0 unspecified atom stereocenters. The van der Waals surface area contributed by atoms with Gasteiger partial charge in [-0.15, -0.1) is 0 Å². The summed E-state index contributed by atoms with van der Waals surface area (Å²) in [4.78, 5) is 31.6. The molecule has 168 valence electrons. The van der Waals surface area contributed by atoms with Crippen molar-refractivity contribution in [2.75, 3.05) is 24.9 Å². The van der Waals surface area contributed by atoms with Crippen molar-refractivity contribution in [1.82, 2.24) is 5.32 Å². The van der Waals surface area contributed by atoms with Crippen LogP contribution in [0.3, 0.4) is 0 Å². The van der Waals surface area contributed by atoms with E-state index in [4.69, 9.17) is 9.47 Å². The van der Waals surface area contributed by atoms with E-state index < -0.39 is 0 Å². The lowest BCUT2D eigenvalue weighted by atomic mass is 10.2. The number of hydrogen-bond donors (Lipinski definition) is 1. The number of benzene rings is 2. The van der Waals surface area contributed by atoms with Gasteiger partial charge in [-0.3, -0.25) is 14.5 Å². The van der Waals surface area contributed by atoms with E-state index in [-0.39, 0.29) is 23.6 Å². The molecule has 1 atom stereocenters. The average Bonchev–Trinajstić information content (AvgIpc) is 3.12. The molecule has 8 heteroatoms. The minimum absolute atomic E-state index is 0.0928. The van der Waals surface area contributed by atoms with Gasteiger partial charge in [0, 0.05) is 12.1 Å². The second-order valence-electron chi connectivity index (χ2n) is 7.20. The van der Waals surface area contributed by atoms with Crippen LogP contribution in [0.4, 0.5) is 5.69 Å². The topological polar surface area (TPSA) is 80.2 Å². The van der Waals surface area contributed by atoms with Gasteiger partial charge in [0.25, 0.3) is 5.91 Å². The van der Waals surface area contributed by atoms with Gasteiger partial charge >= 0.3 is 0 Å². The highest BCUT2D eigenvalue weighted by Gasteiger charge is 2.32. The number of aliphatic imine (C=N–C) groups is 1. The van der Waals surface area contributed by atoms with Gasteiger partial charge in [-0.05, 0) is 49.2 Å². The molecule has 0 bridgehead atoms. The smallest absolute Gasteiger partial charge is 0.283 e. The zero-order valence-corrected chi connectivity index (χ0v) is 19.4. The Morgan fingerprint density at radius 2 is 1.88 bits per heavy atom. The van der Waals surface area contributed by atoms with Crippen LogP contribution in [0, 0.1) is 0 Å². The lowest BCUT2D eigenvalue weighted by Gasteiger charge is -2.18. The number of methoxy groups -OCH3 is 2. The fourth-order valence-corrected chi connectivity index (χ4v) is 3.80. The fourth-order valence-electron chi connectivity index (χ4n) is 2.98. The zero-order valence-electron chi connectivity index (χ0n) is 18.6. The van der Waals surface area contributed by atoms with E-state index in [0.29, 0.717) is 22.3 Å². The van der Waals surface area contributed by atoms with E-state index in [2.05, 4.69) is 10.3 Å². The van der Waals surface area contributed by atoms with Crippen molar-refractivity contribution in [1.29, 1.82) is 0 Å². The lowest BCUT2D eigenvalue weighted by Crippen LogP contribution is -2.35. The summed E-state index contributed by atoms with van der Waals surface area (Å²) in [5.74, 6) is 1.15. The largest absolute Gasteiger partial charge is 0.497 e. The summed E-state index contributed by atoms with van der Waals surface area (Å²) in [5, 5.41) is 3.38. The maximum absolute atomic E-state index is 13.3. The molecule has 0 aromatic heterocycles. The number of nitrogens with one attached hydrogen (secondary N) is 1. The van der Waals surface area contributed by atoms with Crippen LogP contribution in [0.2, 0.25) is 0 Å². The molecule has 2 amide bonds. The van der Waals surface area contributed by atoms with Crippen LogP contribution < -0.4 is 19.7 Å². The Morgan fingerprint density at radius 3 is 2.53 bits per heavy atom. The van der Waals surface area contributed by atoms with E-state index in [1.54, 1.807) is 26.4 Å². The minimum Gasteiger partial charge on any atom is -0.497 e. The molecule has 3 rings (SSSR count). The van der Waals surface area contributed by atoms with Crippen LogP contribution in [-0.4, -0.2) is 43.0 Å². The highest BCUT2D eigenvalue weighted by atomic mass is 32.2. The molecule has 0 spiro atoms. The number of nitrogens with zero attached hydrogens (tertiary/aromatic N) is 2. The van der Waals surface area contributed by atoms with Crippen LogP contribution in [0.15, 0.2) is 59.2 Å². The molecule has 0 fully saturated rings. The summed E-state index contributed by atoms with van der Waals surface area (Å²) in [6.07, 6.45) is 2.57. The molecule has 1 heterocycles. The Labute approximate surface area is 192 Å². The maximum Gasteiger partial charge on any atom is 0.283 e. The zero-order chi connectivity index (χ0) is 23.1.